The highest BCUT2D eigenvalue weighted by Gasteiger charge is 2.16. The molecule has 1 N–H and O–H groups in total. The number of likely N-dealkylation sites (N-methyl/N-ethyl adjacent to an activating group) is 1. The van der Waals surface area contributed by atoms with E-state index in [9.17, 15) is 0 Å². The summed E-state index contributed by atoms with van der Waals surface area (Å²) in [6.07, 6.45) is 5.49. The molecule has 3 heteroatoms. The molecule has 0 amide bonds. The molecule has 2 rings (SSSR count). The Morgan fingerprint density at radius 2 is 1.71 bits per heavy atom. The molecular formula is C18H30N2O. The fourth-order valence-corrected chi connectivity index (χ4v) is 3.07. The number of hydrogen-bond acceptors (Lipinski definition) is 3. The van der Waals surface area contributed by atoms with Crippen LogP contribution in [0, 0.1) is 0 Å². The van der Waals surface area contributed by atoms with Crippen LogP contribution >= 0.6 is 0 Å². The third-order valence-corrected chi connectivity index (χ3v) is 4.18. The number of rotatable bonds is 7. The van der Waals surface area contributed by atoms with Crippen molar-refractivity contribution in [3.63, 3.8) is 0 Å². The first-order chi connectivity index (χ1) is 10.3. The summed E-state index contributed by atoms with van der Waals surface area (Å²) in [6, 6.07) is 9.01. The Morgan fingerprint density at radius 1 is 1.05 bits per heavy atom. The number of hydrogen-bond donors (Lipinski definition) is 1. The monoisotopic (exact) mass is 290 g/mol. The molecule has 1 aromatic carbocycles. The lowest BCUT2D eigenvalue weighted by Gasteiger charge is -2.27. The van der Waals surface area contributed by atoms with Crippen LogP contribution in [0.2, 0.25) is 0 Å². The van der Waals surface area contributed by atoms with Gasteiger partial charge in [-0.15, -0.1) is 0 Å². The van der Waals surface area contributed by atoms with Crippen molar-refractivity contribution in [3.8, 4) is 5.75 Å². The maximum absolute atomic E-state index is 5.54. The van der Waals surface area contributed by atoms with Crippen molar-refractivity contribution in [2.75, 3.05) is 32.8 Å². The largest absolute Gasteiger partial charge is 0.494 e. The highest BCUT2D eigenvalue weighted by Crippen LogP contribution is 2.20. The van der Waals surface area contributed by atoms with Gasteiger partial charge in [0.2, 0.25) is 0 Å². The van der Waals surface area contributed by atoms with Crippen LogP contribution in [0.4, 0.5) is 0 Å². The SMILES string of the molecule is CCNC(CN1CCCCCC1)c1ccc(OCC)cc1. The average molecular weight is 290 g/mol. The topological polar surface area (TPSA) is 24.5 Å². The second-order valence-corrected chi connectivity index (χ2v) is 5.83. The first-order valence-electron chi connectivity index (χ1n) is 8.52. The zero-order valence-corrected chi connectivity index (χ0v) is 13.6. The fraction of sp³-hybridized carbons (Fsp3) is 0.667. The van der Waals surface area contributed by atoms with Gasteiger partial charge in [0.25, 0.3) is 0 Å². The number of ether oxygens (including phenoxy) is 1. The Labute approximate surface area is 129 Å². The summed E-state index contributed by atoms with van der Waals surface area (Å²) in [5, 5.41) is 3.64. The molecule has 1 aliphatic heterocycles. The minimum Gasteiger partial charge on any atom is -0.494 e. The summed E-state index contributed by atoms with van der Waals surface area (Å²) in [5.41, 5.74) is 1.37. The van der Waals surface area contributed by atoms with Crippen LogP contribution in [0.5, 0.6) is 5.75 Å². The molecule has 1 aliphatic rings. The summed E-state index contributed by atoms with van der Waals surface area (Å²) in [6.45, 7) is 9.55. The Bertz CT molecular complexity index is 383. The summed E-state index contributed by atoms with van der Waals surface area (Å²) in [5.74, 6) is 0.964. The molecule has 0 spiro atoms. The zero-order chi connectivity index (χ0) is 14.9. The zero-order valence-electron chi connectivity index (χ0n) is 13.6. The normalized spacial score (nSPS) is 18.2. The van der Waals surface area contributed by atoms with Gasteiger partial charge in [0.1, 0.15) is 5.75 Å². The second kappa shape index (κ2) is 9.06. The molecular weight excluding hydrogens is 260 g/mol. The van der Waals surface area contributed by atoms with Crippen molar-refractivity contribution < 1.29 is 4.74 Å². The third-order valence-electron chi connectivity index (χ3n) is 4.18. The highest BCUT2D eigenvalue weighted by molar-refractivity contribution is 5.29. The molecule has 1 fully saturated rings. The predicted molar refractivity (Wildman–Crippen MR) is 88.9 cm³/mol. The van der Waals surface area contributed by atoms with Gasteiger partial charge in [-0.2, -0.15) is 0 Å². The molecule has 1 atom stereocenters. The first-order valence-corrected chi connectivity index (χ1v) is 8.52. The molecule has 0 radical (unpaired) electrons. The van der Waals surface area contributed by atoms with Gasteiger partial charge in [0.05, 0.1) is 6.61 Å². The summed E-state index contributed by atoms with van der Waals surface area (Å²) in [4.78, 5) is 2.62. The van der Waals surface area contributed by atoms with E-state index in [-0.39, 0.29) is 0 Å². The smallest absolute Gasteiger partial charge is 0.119 e. The summed E-state index contributed by atoms with van der Waals surface area (Å²) >= 11 is 0. The van der Waals surface area contributed by atoms with Crippen LogP contribution in [-0.4, -0.2) is 37.7 Å². The maximum Gasteiger partial charge on any atom is 0.119 e. The lowest BCUT2D eigenvalue weighted by Crippen LogP contribution is -2.35. The molecule has 0 aromatic heterocycles. The summed E-state index contributed by atoms with van der Waals surface area (Å²) in [7, 11) is 0. The maximum atomic E-state index is 5.54. The molecule has 0 bridgehead atoms. The van der Waals surface area contributed by atoms with E-state index in [1.807, 2.05) is 6.92 Å². The van der Waals surface area contributed by atoms with Gasteiger partial charge in [0, 0.05) is 12.6 Å². The van der Waals surface area contributed by atoms with Crippen LogP contribution in [0.15, 0.2) is 24.3 Å². The van der Waals surface area contributed by atoms with Crippen LogP contribution in [0.1, 0.15) is 51.1 Å². The van der Waals surface area contributed by atoms with E-state index in [1.54, 1.807) is 0 Å². The van der Waals surface area contributed by atoms with E-state index in [0.29, 0.717) is 6.04 Å². The van der Waals surface area contributed by atoms with E-state index in [2.05, 4.69) is 41.4 Å². The van der Waals surface area contributed by atoms with Gasteiger partial charge in [-0.05, 0) is 57.1 Å². The number of likely N-dealkylation sites (tertiary alicyclic amines) is 1. The van der Waals surface area contributed by atoms with E-state index < -0.39 is 0 Å². The van der Waals surface area contributed by atoms with Gasteiger partial charge in [-0.25, -0.2) is 0 Å². The van der Waals surface area contributed by atoms with Gasteiger partial charge in [0.15, 0.2) is 0 Å². The molecule has 1 saturated heterocycles. The van der Waals surface area contributed by atoms with Crippen molar-refractivity contribution in [2.45, 2.75) is 45.6 Å². The van der Waals surface area contributed by atoms with Crippen LogP contribution < -0.4 is 10.1 Å². The standard InChI is InChI=1S/C18H30N2O/c1-3-19-18(15-20-13-7-5-6-8-14-20)16-9-11-17(12-10-16)21-4-2/h9-12,18-19H,3-8,13-15H2,1-2H3. The van der Waals surface area contributed by atoms with E-state index in [0.717, 1.165) is 25.4 Å². The van der Waals surface area contributed by atoms with Gasteiger partial charge < -0.3 is 15.0 Å². The quantitative estimate of drug-likeness (QED) is 0.830. The Hall–Kier alpha value is -1.06. The fourth-order valence-electron chi connectivity index (χ4n) is 3.07. The van der Waals surface area contributed by atoms with Crippen LogP contribution in [0.3, 0.4) is 0 Å². The van der Waals surface area contributed by atoms with Crippen molar-refractivity contribution >= 4 is 0 Å². The van der Waals surface area contributed by atoms with Crippen molar-refractivity contribution in [2.24, 2.45) is 0 Å². The molecule has 21 heavy (non-hydrogen) atoms. The highest BCUT2D eigenvalue weighted by atomic mass is 16.5. The third kappa shape index (κ3) is 5.33. The number of nitrogens with zero attached hydrogens (tertiary/aromatic N) is 1. The summed E-state index contributed by atoms with van der Waals surface area (Å²) < 4.78 is 5.54. The first kappa shape index (κ1) is 16.3. The Morgan fingerprint density at radius 3 is 2.29 bits per heavy atom. The van der Waals surface area contributed by atoms with E-state index >= 15 is 0 Å². The predicted octanol–water partition coefficient (Wildman–Crippen LogP) is 3.61. The van der Waals surface area contributed by atoms with Crippen molar-refractivity contribution in [3.05, 3.63) is 29.8 Å². The van der Waals surface area contributed by atoms with Crippen molar-refractivity contribution in [1.82, 2.24) is 10.2 Å². The van der Waals surface area contributed by atoms with Gasteiger partial charge >= 0.3 is 0 Å². The minimum atomic E-state index is 0.420. The molecule has 0 saturated carbocycles. The van der Waals surface area contributed by atoms with Crippen LogP contribution in [-0.2, 0) is 0 Å². The molecule has 118 valence electrons. The van der Waals surface area contributed by atoms with Crippen LogP contribution in [0.25, 0.3) is 0 Å². The lowest BCUT2D eigenvalue weighted by atomic mass is 10.1. The molecule has 3 nitrogen and oxygen atoms in total. The molecule has 1 aromatic rings. The van der Waals surface area contributed by atoms with E-state index in [4.69, 9.17) is 4.74 Å². The van der Waals surface area contributed by atoms with Gasteiger partial charge in [-0.1, -0.05) is 31.9 Å². The van der Waals surface area contributed by atoms with E-state index in [1.165, 1.54) is 44.3 Å². The molecule has 1 unspecified atom stereocenters. The number of benzene rings is 1. The number of nitrogens with one attached hydrogen (secondary N) is 1. The van der Waals surface area contributed by atoms with Crippen molar-refractivity contribution in [1.29, 1.82) is 0 Å². The Balaban J connectivity index is 1.99. The Kier molecular flexibility index (Phi) is 7.04. The second-order valence-electron chi connectivity index (χ2n) is 5.83. The molecule has 1 heterocycles. The average Bonchev–Trinajstić information content (AvgIpc) is 2.77. The lowest BCUT2D eigenvalue weighted by molar-refractivity contribution is 0.252. The molecule has 0 aliphatic carbocycles. The van der Waals surface area contributed by atoms with Gasteiger partial charge in [-0.3, -0.25) is 0 Å². The minimum absolute atomic E-state index is 0.420.